The minimum atomic E-state index is -3.39. The smallest absolute Gasteiger partial charge is 0.316 e. The van der Waals surface area contributed by atoms with Gasteiger partial charge in [0.25, 0.3) is 0 Å². The van der Waals surface area contributed by atoms with Crippen LogP contribution in [0.15, 0.2) is 36.7 Å². The van der Waals surface area contributed by atoms with Crippen molar-refractivity contribution in [1.82, 2.24) is 14.7 Å². The van der Waals surface area contributed by atoms with Crippen LogP contribution >= 0.6 is 0 Å². The van der Waals surface area contributed by atoms with Gasteiger partial charge in [-0.1, -0.05) is 29.8 Å². The lowest BCUT2D eigenvalue weighted by Crippen LogP contribution is -2.40. The number of halogens is 1. The molecule has 1 fully saturated rings. The molecule has 140 valence electrons. The lowest BCUT2D eigenvalue weighted by molar-refractivity contribution is 0.132. The maximum Gasteiger partial charge on any atom is 0.316 e. The Morgan fingerprint density at radius 1 is 1.19 bits per heavy atom. The molecule has 0 bridgehead atoms. The molecule has 0 saturated heterocycles. The van der Waals surface area contributed by atoms with E-state index in [9.17, 15) is 12.8 Å². The van der Waals surface area contributed by atoms with E-state index in [4.69, 9.17) is 4.74 Å². The van der Waals surface area contributed by atoms with Crippen LogP contribution in [0.4, 0.5) is 4.39 Å². The fraction of sp³-hybridized carbons (Fsp3) is 0.444. The Balaban J connectivity index is 1.49. The lowest BCUT2D eigenvalue weighted by atomic mass is 9.94. The number of sulfonamides is 1. The summed E-state index contributed by atoms with van der Waals surface area (Å²) in [5.74, 6) is -0.529. The van der Waals surface area contributed by atoms with Crippen LogP contribution in [0.2, 0.25) is 0 Å². The molecule has 0 spiro atoms. The van der Waals surface area contributed by atoms with Gasteiger partial charge in [-0.2, -0.15) is 0 Å². The van der Waals surface area contributed by atoms with Crippen LogP contribution in [-0.2, 0) is 15.8 Å². The Hall–Kier alpha value is -2.06. The van der Waals surface area contributed by atoms with E-state index in [1.807, 2.05) is 31.2 Å². The van der Waals surface area contributed by atoms with Gasteiger partial charge in [-0.25, -0.2) is 27.5 Å². The maximum absolute atomic E-state index is 12.8. The highest BCUT2D eigenvalue weighted by Gasteiger charge is 2.26. The van der Waals surface area contributed by atoms with Gasteiger partial charge in [0.05, 0.1) is 18.1 Å². The highest BCUT2D eigenvalue weighted by molar-refractivity contribution is 7.88. The van der Waals surface area contributed by atoms with Gasteiger partial charge in [-0.3, -0.25) is 0 Å². The predicted molar refractivity (Wildman–Crippen MR) is 95.6 cm³/mol. The summed E-state index contributed by atoms with van der Waals surface area (Å²) in [5, 5.41) is 0. The third-order valence-corrected chi connectivity index (χ3v) is 5.73. The molecule has 1 aliphatic rings. The zero-order valence-corrected chi connectivity index (χ0v) is 15.4. The van der Waals surface area contributed by atoms with E-state index in [0.29, 0.717) is 25.7 Å². The largest absolute Gasteiger partial charge is 0.460 e. The van der Waals surface area contributed by atoms with E-state index in [0.717, 1.165) is 23.5 Å². The molecule has 1 saturated carbocycles. The van der Waals surface area contributed by atoms with Crippen molar-refractivity contribution in [2.24, 2.45) is 0 Å². The van der Waals surface area contributed by atoms with Crippen molar-refractivity contribution in [1.29, 1.82) is 0 Å². The highest BCUT2D eigenvalue weighted by atomic mass is 32.2. The van der Waals surface area contributed by atoms with E-state index in [2.05, 4.69) is 14.7 Å². The Bertz CT molecular complexity index is 835. The number of benzene rings is 1. The van der Waals surface area contributed by atoms with Crippen molar-refractivity contribution in [3.05, 3.63) is 53.6 Å². The Labute approximate surface area is 152 Å². The van der Waals surface area contributed by atoms with Crippen molar-refractivity contribution in [2.75, 3.05) is 0 Å². The van der Waals surface area contributed by atoms with Crippen LogP contribution in [0.5, 0.6) is 6.01 Å². The number of rotatable bonds is 6. The maximum atomic E-state index is 12.8. The van der Waals surface area contributed by atoms with Gasteiger partial charge in [0.1, 0.15) is 6.10 Å². The molecule has 1 heterocycles. The summed E-state index contributed by atoms with van der Waals surface area (Å²) in [6, 6.07) is 7.55. The average molecular weight is 379 g/mol. The van der Waals surface area contributed by atoms with Crippen molar-refractivity contribution in [3.63, 3.8) is 0 Å². The lowest BCUT2D eigenvalue weighted by Gasteiger charge is -2.28. The highest BCUT2D eigenvalue weighted by Crippen LogP contribution is 2.23. The van der Waals surface area contributed by atoms with Crippen LogP contribution in [0.3, 0.4) is 0 Å². The molecule has 8 heteroatoms. The summed E-state index contributed by atoms with van der Waals surface area (Å²) in [5.41, 5.74) is 1.82. The molecular weight excluding hydrogens is 357 g/mol. The average Bonchev–Trinajstić information content (AvgIpc) is 2.58. The second kappa shape index (κ2) is 8.09. The number of nitrogens with one attached hydrogen (secondary N) is 1. The molecule has 0 atom stereocenters. The van der Waals surface area contributed by atoms with E-state index in [1.54, 1.807) is 0 Å². The normalized spacial score (nSPS) is 20.7. The van der Waals surface area contributed by atoms with E-state index >= 15 is 0 Å². The second-order valence-corrected chi connectivity index (χ2v) is 8.40. The van der Waals surface area contributed by atoms with E-state index < -0.39 is 15.8 Å². The van der Waals surface area contributed by atoms with E-state index in [-0.39, 0.29) is 23.9 Å². The molecule has 0 unspecified atom stereocenters. The molecule has 1 aromatic heterocycles. The fourth-order valence-corrected chi connectivity index (χ4v) is 4.57. The molecule has 1 aliphatic carbocycles. The van der Waals surface area contributed by atoms with Gasteiger partial charge >= 0.3 is 6.01 Å². The first-order valence-electron chi connectivity index (χ1n) is 8.59. The zero-order valence-electron chi connectivity index (χ0n) is 14.6. The molecular formula is C18H22FN3O3S. The number of aryl methyl sites for hydroxylation is 1. The standard InChI is InChI=1S/C18H22FN3O3S/c1-13-3-2-4-14(9-13)12-26(23,24)22-16-5-7-17(8-6-16)25-18-20-10-15(19)11-21-18/h2-4,9-11,16-17,22H,5-8,12H2,1H3. The molecule has 6 nitrogen and oxygen atoms in total. The first-order chi connectivity index (χ1) is 12.4. The topological polar surface area (TPSA) is 81.2 Å². The molecule has 3 rings (SSSR count). The summed E-state index contributed by atoms with van der Waals surface area (Å²) in [6.45, 7) is 1.94. The Morgan fingerprint density at radius 2 is 1.88 bits per heavy atom. The van der Waals surface area contributed by atoms with Gasteiger partial charge in [0, 0.05) is 6.04 Å². The van der Waals surface area contributed by atoms with Crippen molar-refractivity contribution < 1.29 is 17.5 Å². The molecule has 0 aliphatic heterocycles. The van der Waals surface area contributed by atoms with Gasteiger partial charge in [-0.15, -0.1) is 0 Å². The first kappa shape index (κ1) is 18.7. The second-order valence-electron chi connectivity index (χ2n) is 6.64. The number of aromatic nitrogens is 2. The summed E-state index contributed by atoms with van der Waals surface area (Å²) in [4.78, 5) is 7.57. The molecule has 2 aromatic rings. The van der Waals surface area contributed by atoms with Crippen LogP contribution in [-0.4, -0.2) is 30.5 Å². The third kappa shape index (κ3) is 5.47. The third-order valence-electron chi connectivity index (χ3n) is 4.33. The van der Waals surface area contributed by atoms with Crippen LogP contribution < -0.4 is 9.46 Å². The zero-order chi connectivity index (χ0) is 18.6. The molecule has 1 aromatic carbocycles. The van der Waals surface area contributed by atoms with Crippen molar-refractivity contribution in [2.45, 2.75) is 50.5 Å². The molecule has 1 N–H and O–H groups in total. The fourth-order valence-electron chi connectivity index (χ4n) is 3.13. The quantitative estimate of drug-likeness (QED) is 0.835. The van der Waals surface area contributed by atoms with Crippen molar-refractivity contribution >= 4 is 10.0 Å². The van der Waals surface area contributed by atoms with Gasteiger partial charge in [0.2, 0.25) is 10.0 Å². The summed E-state index contributed by atoms with van der Waals surface area (Å²) in [7, 11) is -3.39. The van der Waals surface area contributed by atoms with Gasteiger partial charge < -0.3 is 4.74 Å². The number of ether oxygens (including phenoxy) is 1. The monoisotopic (exact) mass is 379 g/mol. The number of hydrogen-bond acceptors (Lipinski definition) is 5. The molecule has 0 radical (unpaired) electrons. The predicted octanol–water partition coefficient (Wildman–Crippen LogP) is 2.73. The Morgan fingerprint density at radius 3 is 2.54 bits per heavy atom. The van der Waals surface area contributed by atoms with E-state index in [1.165, 1.54) is 0 Å². The number of hydrogen-bond donors (Lipinski definition) is 1. The summed E-state index contributed by atoms with van der Waals surface area (Å²) >= 11 is 0. The van der Waals surface area contributed by atoms with Gasteiger partial charge in [-0.05, 0) is 38.2 Å². The SMILES string of the molecule is Cc1cccc(CS(=O)(=O)NC2CCC(Oc3ncc(F)cn3)CC2)c1. The van der Waals surface area contributed by atoms with Gasteiger partial charge in [0.15, 0.2) is 5.82 Å². The molecule has 0 amide bonds. The molecule has 26 heavy (non-hydrogen) atoms. The minimum absolute atomic E-state index is 0.0193. The summed E-state index contributed by atoms with van der Waals surface area (Å²) < 4.78 is 46.0. The first-order valence-corrected chi connectivity index (χ1v) is 10.2. The Kier molecular flexibility index (Phi) is 5.83. The van der Waals surface area contributed by atoms with Crippen LogP contribution in [0.1, 0.15) is 36.8 Å². The summed E-state index contributed by atoms with van der Waals surface area (Å²) in [6.07, 6.45) is 4.79. The van der Waals surface area contributed by atoms with Crippen LogP contribution in [0.25, 0.3) is 0 Å². The van der Waals surface area contributed by atoms with Crippen molar-refractivity contribution in [3.8, 4) is 6.01 Å². The minimum Gasteiger partial charge on any atom is -0.460 e. The van der Waals surface area contributed by atoms with Crippen LogP contribution in [0, 0.1) is 12.7 Å². The number of nitrogens with zero attached hydrogens (tertiary/aromatic N) is 2.